The second kappa shape index (κ2) is 5.52. The van der Waals surface area contributed by atoms with E-state index >= 15 is 0 Å². The van der Waals surface area contributed by atoms with Crippen molar-refractivity contribution in [2.75, 3.05) is 13.1 Å². The van der Waals surface area contributed by atoms with E-state index in [1.54, 1.807) is 12.5 Å². The third-order valence-electron chi connectivity index (χ3n) is 3.00. The molecule has 0 unspecified atom stereocenters. The summed E-state index contributed by atoms with van der Waals surface area (Å²) >= 11 is 0. The number of carbonyl (C=O) groups is 2. The number of aromatic nitrogens is 2. The first-order valence-electron chi connectivity index (χ1n) is 5.91. The Labute approximate surface area is 104 Å². The maximum atomic E-state index is 11.8. The molecule has 0 radical (unpaired) electrons. The number of rotatable bonds is 4. The maximum absolute atomic E-state index is 11.8. The van der Waals surface area contributed by atoms with Gasteiger partial charge in [-0.3, -0.25) is 0 Å². The van der Waals surface area contributed by atoms with E-state index in [0.717, 1.165) is 6.42 Å². The Kier molecular flexibility index (Phi) is 3.81. The Hall–Kier alpha value is -2.05. The second-order valence-electron chi connectivity index (χ2n) is 4.22. The Morgan fingerprint density at radius 1 is 1.50 bits per heavy atom. The third-order valence-corrected chi connectivity index (χ3v) is 3.00. The van der Waals surface area contributed by atoms with Crippen LogP contribution in [0.15, 0.2) is 18.7 Å². The maximum Gasteiger partial charge on any atom is 0.326 e. The van der Waals surface area contributed by atoms with Gasteiger partial charge in [0.25, 0.3) is 0 Å². The molecule has 1 fully saturated rings. The lowest BCUT2D eigenvalue weighted by Gasteiger charge is -2.21. The summed E-state index contributed by atoms with van der Waals surface area (Å²) in [6.45, 7) is 1.59. The summed E-state index contributed by atoms with van der Waals surface area (Å²) in [7, 11) is 0. The van der Waals surface area contributed by atoms with E-state index in [1.807, 2.05) is 10.8 Å². The molecule has 0 aromatic carbocycles. The number of amides is 2. The van der Waals surface area contributed by atoms with Gasteiger partial charge in [0.15, 0.2) is 0 Å². The molecule has 98 valence electrons. The van der Waals surface area contributed by atoms with Crippen molar-refractivity contribution >= 4 is 12.0 Å². The second-order valence-corrected chi connectivity index (χ2v) is 4.22. The van der Waals surface area contributed by atoms with Crippen LogP contribution in [0.25, 0.3) is 0 Å². The number of carboxylic acids is 1. The molecular formula is C11H16N4O3. The number of likely N-dealkylation sites (tertiary alicyclic amines) is 1. The first kappa shape index (κ1) is 12.4. The Balaban J connectivity index is 1.79. The van der Waals surface area contributed by atoms with E-state index in [9.17, 15) is 9.59 Å². The average Bonchev–Trinajstić information content (AvgIpc) is 2.99. The smallest absolute Gasteiger partial charge is 0.326 e. The molecule has 2 heterocycles. The zero-order valence-corrected chi connectivity index (χ0v) is 9.95. The van der Waals surface area contributed by atoms with Gasteiger partial charge >= 0.3 is 12.0 Å². The van der Waals surface area contributed by atoms with Gasteiger partial charge in [0, 0.05) is 32.0 Å². The first-order chi connectivity index (χ1) is 8.68. The number of nitrogens with zero attached hydrogens (tertiary/aromatic N) is 3. The fourth-order valence-corrected chi connectivity index (χ4v) is 2.08. The quantitative estimate of drug-likeness (QED) is 0.798. The zero-order valence-electron chi connectivity index (χ0n) is 9.95. The number of aliphatic carboxylic acids is 1. The van der Waals surface area contributed by atoms with Crippen molar-refractivity contribution < 1.29 is 14.7 Å². The van der Waals surface area contributed by atoms with E-state index in [2.05, 4.69) is 10.3 Å². The Morgan fingerprint density at radius 3 is 3.00 bits per heavy atom. The number of urea groups is 1. The van der Waals surface area contributed by atoms with Crippen LogP contribution in [-0.4, -0.2) is 50.7 Å². The summed E-state index contributed by atoms with van der Waals surface area (Å²) in [6.07, 6.45) is 6.42. The van der Waals surface area contributed by atoms with Crippen molar-refractivity contribution in [3.8, 4) is 0 Å². The van der Waals surface area contributed by atoms with Crippen molar-refractivity contribution in [1.29, 1.82) is 0 Å². The molecule has 1 aliphatic rings. The van der Waals surface area contributed by atoms with Crippen LogP contribution in [0.1, 0.15) is 12.8 Å². The summed E-state index contributed by atoms with van der Waals surface area (Å²) in [6, 6.07) is -0.988. The molecule has 2 rings (SSSR count). The van der Waals surface area contributed by atoms with Crippen molar-refractivity contribution in [1.82, 2.24) is 19.8 Å². The molecular weight excluding hydrogens is 236 g/mol. The van der Waals surface area contributed by atoms with E-state index in [1.165, 1.54) is 4.90 Å². The van der Waals surface area contributed by atoms with Gasteiger partial charge in [0.1, 0.15) is 6.04 Å². The highest BCUT2D eigenvalue weighted by Gasteiger charge is 2.33. The van der Waals surface area contributed by atoms with Gasteiger partial charge < -0.3 is 19.9 Å². The molecule has 2 amide bonds. The molecule has 0 bridgehead atoms. The van der Waals surface area contributed by atoms with Crippen LogP contribution in [0.3, 0.4) is 0 Å². The van der Waals surface area contributed by atoms with Crippen molar-refractivity contribution in [2.24, 2.45) is 0 Å². The molecule has 0 spiro atoms. The van der Waals surface area contributed by atoms with E-state index < -0.39 is 12.0 Å². The summed E-state index contributed by atoms with van der Waals surface area (Å²) in [5.41, 5.74) is 0. The standard InChI is InChI=1S/C11H16N4O3/c16-10(17)9-2-1-5-15(9)11(18)13-4-7-14-6-3-12-8-14/h3,6,8-9H,1-2,4-5,7H2,(H,13,18)(H,16,17)/t9-/m0/s1. The van der Waals surface area contributed by atoms with Crippen LogP contribution < -0.4 is 5.32 Å². The van der Waals surface area contributed by atoms with Gasteiger partial charge in [0.05, 0.1) is 6.33 Å². The van der Waals surface area contributed by atoms with Crippen LogP contribution in [-0.2, 0) is 11.3 Å². The fourth-order valence-electron chi connectivity index (χ4n) is 2.08. The van der Waals surface area contributed by atoms with Crippen LogP contribution in [0.5, 0.6) is 0 Å². The van der Waals surface area contributed by atoms with Crippen molar-refractivity contribution in [3.05, 3.63) is 18.7 Å². The highest BCUT2D eigenvalue weighted by molar-refractivity contribution is 5.83. The summed E-state index contributed by atoms with van der Waals surface area (Å²) in [5, 5.41) is 11.7. The number of carbonyl (C=O) groups excluding carboxylic acids is 1. The average molecular weight is 252 g/mol. The Bertz CT molecular complexity index is 418. The van der Waals surface area contributed by atoms with Gasteiger partial charge in [-0.2, -0.15) is 0 Å². The monoisotopic (exact) mass is 252 g/mol. The number of imidazole rings is 1. The summed E-state index contributed by atoms with van der Waals surface area (Å²) in [5.74, 6) is -0.933. The fraction of sp³-hybridized carbons (Fsp3) is 0.545. The minimum absolute atomic E-state index is 0.306. The molecule has 1 aromatic heterocycles. The normalized spacial score (nSPS) is 18.9. The largest absolute Gasteiger partial charge is 0.480 e. The molecule has 7 heteroatoms. The zero-order chi connectivity index (χ0) is 13.0. The molecule has 1 aliphatic heterocycles. The predicted molar refractivity (Wildman–Crippen MR) is 63.0 cm³/mol. The van der Waals surface area contributed by atoms with Gasteiger partial charge in [0.2, 0.25) is 0 Å². The molecule has 2 N–H and O–H groups in total. The highest BCUT2D eigenvalue weighted by Crippen LogP contribution is 2.17. The Morgan fingerprint density at radius 2 is 2.33 bits per heavy atom. The van der Waals surface area contributed by atoms with E-state index in [4.69, 9.17) is 5.11 Å². The number of hydrogen-bond donors (Lipinski definition) is 2. The molecule has 0 saturated carbocycles. The SMILES string of the molecule is O=C(O)[C@@H]1CCCN1C(=O)NCCn1ccnc1. The summed E-state index contributed by atoms with van der Waals surface area (Å²) < 4.78 is 1.85. The minimum atomic E-state index is -0.933. The van der Waals surface area contributed by atoms with E-state index in [-0.39, 0.29) is 6.03 Å². The lowest BCUT2D eigenvalue weighted by atomic mass is 10.2. The van der Waals surface area contributed by atoms with Gasteiger partial charge in [-0.05, 0) is 12.8 Å². The molecule has 1 aromatic rings. The lowest BCUT2D eigenvalue weighted by Crippen LogP contribution is -2.46. The molecule has 0 aliphatic carbocycles. The van der Waals surface area contributed by atoms with Gasteiger partial charge in [-0.15, -0.1) is 0 Å². The number of nitrogens with one attached hydrogen (secondary N) is 1. The van der Waals surface area contributed by atoms with Gasteiger partial charge in [-0.1, -0.05) is 0 Å². The lowest BCUT2D eigenvalue weighted by molar-refractivity contribution is -0.141. The number of carboxylic acid groups (broad SMARTS) is 1. The first-order valence-corrected chi connectivity index (χ1v) is 5.91. The van der Waals surface area contributed by atoms with Crippen LogP contribution in [0.2, 0.25) is 0 Å². The van der Waals surface area contributed by atoms with Crippen molar-refractivity contribution in [2.45, 2.75) is 25.4 Å². The predicted octanol–water partition coefficient (Wildman–Crippen LogP) is 0.142. The van der Waals surface area contributed by atoms with Gasteiger partial charge in [-0.25, -0.2) is 14.6 Å². The van der Waals surface area contributed by atoms with E-state index in [0.29, 0.717) is 26.1 Å². The summed E-state index contributed by atoms with van der Waals surface area (Å²) in [4.78, 5) is 28.0. The van der Waals surface area contributed by atoms with Crippen molar-refractivity contribution in [3.63, 3.8) is 0 Å². The minimum Gasteiger partial charge on any atom is -0.480 e. The topological polar surface area (TPSA) is 87.5 Å². The number of hydrogen-bond acceptors (Lipinski definition) is 3. The molecule has 1 atom stereocenters. The molecule has 7 nitrogen and oxygen atoms in total. The van der Waals surface area contributed by atoms with Crippen LogP contribution in [0, 0.1) is 0 Å². The molecule has 1 saturated heterocycles. The van der Waals surface area contributed by atoms with Crippen LogP contribution in [0.4, 0.5) is 4.79 Å². The molecule has 18 heavy (non-hydrogen) atoms. The van der Waals surface area contributed by atoms with Crippen LogP contribution >= 0.6 is 0 Å². The third kappa shape index (κ3) is 2.79. The highest BCUT2D eigenvalue weighted by atomic mass is 16.4.